The highest BCUT2D eigenvalue weighted by molar-refractivity contribution is 9.10. The van der Waals surface area contributed by atoms with Crippen molar-refractivity contribution in [1.29, 1.82) is 0 Å². The summed E-state index contributed by atoms with van der Waals surface area (Å²) in [6, 6.07) is 2.19. The van der Waals surface area contributed by atoms with Crippen LogP contribution >= 0.6 is 15.9 Å². The largest absolute Gasteiger partial charge is 0.325 e. The number of nitrogens with one attached hydrogen (secondary N) is 1. The molecule has 1 heterocycles. The van der Waals surface area contributed by atoms with Crippen molar-refractivity contribution in [3.8, 4) is 0 Å². The molecular weight excluding hydrogens is 313 g/mol. The van der Waals surface area contributed by atoms with Crippen LogP contribution < -0.4 is 5.32 Å². The molecule has 1 aliphatic rings. The number of carbonyl (C=O) groups excluding carboxylic acids is 1. The van der Waals surface area contributed by atoms with Crippen LogP contribution in [-0.4, -0.2) is 20.1 Å². The number of hydrogen-bond acceptors (Lipinski definition) is 3. The van der Waals surface area contributed by atoms with Crippen LogP contribution in [0.5, 0.6) is 0 Å². The molecule has 1 aliphatic heterocycles. The van der Waals surface area contributed by atoms with E-state index in [1.54, 1.807) is 0 Å². The van der Waals surface area contributed by atoms with Gasteiger partial charge in [0.2, 0.25) is 5.91 Å². The Hall–Kier alpha value is -0.950. The molecular formula is C10H9BrFNO3S. The quantitative estimate of drug-likeness (QED) is 0.743. The number of halogens is 2. The first-order chi connectivity index (χ1) is 7.81. The van der Waals surface area contributed by atoms with E-state index in [1.807, 2.05) is 0 Å². The Bertz CT molecular complexity index is 600. The predicted octanol–water partition coefficient (Wildman–Crippen LogP) is 1.95. The third-order valence-corrected chi connectivity index (χ3v) is 5.09. The lowest BCUT2D eigenvalue weighted by atomic mass is 10.2. The second kappa shape index (κ2) is 4.06. The summed E-state index contributed by atoms with van der Waals surface area (Å²) in [6.07, 6.45) is 0. The summed E-state index contributed by atoms with van der Waals surface area (Å²) in [5, 5.41) is 2.42. The molecule has 0 saturated heterocycles. The molecule has 1 unspecified atom stereocenters. The van der Waals surface area contributed by atoms with E-state index in [1.165, 1.54) is 13.0 Å². The minimum Gasteiger partial charge on any atom is -0.325 e. The van der Waals surface area contributed by atoms with Gasteiger partial charge >= 0.3 is 0 Å². The van der Waals surface area contributed by atoms with Crippen molar-refractivity contribution in [3.05, 3.63) is 22.4 Å². The molecule has 0 aromatic heterocycles. The second-order valence-corrected chi connectivity index (χ2v) is 6.79. The maximum Gasteiger partial charge on any atom is 0.228 e. The molecule has 0 aliphatic carbocycles. The number of rotatable bonds is 0. The van der Waals surface area contributed by atoms with E-state index >= 15 is 0 Å². The van der Waals surface area contributed by atoms with Gasteiger partial charge < -0.3 is 5.32 Å². The Kier molecular flexibility index (Phi) is 2.99. The molecule has 1 atom stereocenters. The fraction of sp³-hybridized carbons (Fsp3) is 0.300. The summed E-state index contributed by atoms with van der Waals surface area (Å²) in [7, 11) is -3.58. The average Bonchev–Trinajstić information content (AvgIpc) is 2.28. The number of anilines is 1. The number of carbonyl (C=O) groups is 1. The van der Waals surface area contributed by atoms with Gasteiger partial charge in [-0.05, 0) is 28.1 Å². The number of fused-ring (bicyclic) bond motifs is 1. The Morgan fingerprint density at radius 2 is 2.12 bits per heavy atom. The van der Waals surface area contributed by atoms with E-state index in [9.17, 15) is 17.6 Å². The average molecular weight is 322 g/mol. The molecule has 1 N–H and O–H groups in total. The Morgan fingerprint density at radius 3 is 2.76 bits per heavy atom. The molecule has 7 heteroatoms. The molecule has 1 amide bonds. The van der Waals surface area contributed by atoms with Crippen LogP contribution in [0.25, 0.3) is 0 Å². The van der Waals surface area contributed by atoms with E-state index in [2.05, 4.69) is 21.2 Å². The summed E-state index contributed by atoms with van der Waals surface area (Å²) in [4.78, 5) is 11.5. The van der Waals surface area contributed by atoms with Gasteiger partial charge in [-0.15, -0.1) is 0 Å². The van der Waals surface area contributed by atoms with Crippen molar-refractivity contribution >= 4 is 37.4 Å². The summed E-state index contributed by atoms with van der Waals surface area (Å²) < 4.78 is 37.3. The van der Waals surface area contributed by atoms with Crippen LogP contribution in [0.4, 0.5) is 10.1 Å². The van der Waals surface area contributed by atoms with Crippen LogP contribution in [0.1, 0.15) is 6.92 Å². The molecule has 0 bridgehead atoms. The number of sulfone groups is 1. The fourth-order valence-corrected chi connectivity index (χ4v) is 3.86. The minimum absolute atomic E-state index is 0.0000463. The first-order valence-corrected chi connectivity index (χ1v) is 7.28. The van der Waals surface area contributed by atoms with Crippen molar-refractivity contribution in [2.45, 2.75) is 11.8 Å². The minimum atomic E-state index is -3.58. The lowest BCUT2D eigenvalue weighted by Crippen LogP contribution is -2.22. The van der Waals surface area contributed by atoms with Gasteiger partial charge in [0.25, 0.3) is 0 Å². The van der Waals surface area contributed by atoms with E-state index in [-0.39, 0.29) is 20.8 Å². The molecule has 1 aromatic carbocycles. The monoisotopic (exact) mass is 321 g/mol. The third-order valence-electron chi connectivity index (χ3n) is 2.53. The Balaban J connectivity index is 2.70. The highest BCUT2D eigenvalue weighted by Crippen LogP contribution is 2.32. The van der Waals surface area contributed by atoms with Crippen molar-refractivity contribution in [2.24, 2.45) is 5.92 Å². The zero-order chi connectivity index (χ0) is 12.8. The van der Waals surface area contributed by atoms with Gasteiger partial charge in [-0.3, -0.25) is 4.79 Å². The van der Waals surface area contributed by atoms with Gasteiger partial charge in [0, 0.05) is 5.92 Å². The first-order valence-electron chi connectivity index (χ1n) is 4.84. The van der Waals surface area contributed by atoms with Crippen LogP contribution in [0.15, 0.2) is 21.5 Å². The molecule has 1 aromatic rings. The van der Waals surface area contributed by atoms with E-state index in [0.29, 0.717) is 0 Å². The molecule has 4 nitrogen and oxygen atoms in total. The van der Waals surface area contributed by atoms with Crippen molar-refractivity contribution in [3.63, 3.8) is 0 Å². The van der Waals surface area contributed by atoms with Gasteiger partial charge in [0.15, 0.2) is 9.84 Å². The van der Waals surface area contributed by atoms with E-state index in [4.69, 9.17) is 0 Å². The SMILES string of the molecule is CC1CS(=O)(=O)c2cc(Br)c(F)cc2NC1=O. The lowest BCUT2D eigenvalue weighted by molar-refractivity contribution is -0.118. The van der Waals surface area contributed by atoms with E-state index < -0.39 is 27.5 Å². The molecule has 0 radical (unpaired) electrons. The number of hydrogen-bond donors (Lipinski definition) is 1. The van der Waals surface area contributed by atoms with Gasteiger partial charge in [0.1, 0.15) is 5.82 Å². The molecule has 92 valence electrons. The maximum atomic E-state index is 13.3. The topological polar surface area (TPSA) is 63.2 Å². The van der Waals surface area contributed by atoms with Gasteiger partial charge in [-0.1, -0.05) is 6.92 Å². The highest BCUT2D eigenvalue weighted by Gasteiger charge is 2.31. The third kappa shape index (κ3) is 2.21. The number of benzene rings is 1. The summed E-state index contributed by atoms with van der Waals surface area (Å²) >= 11 is 2.93. The van der Waals surface area contributed by atoms with E-state index in [0.717, 1.165) is 6.07 Å². The predicted molar refractivity (Wildman–Crippen MR) is 63.9 cm³/mol. The second-order valence-electron chi connectivity index (χ2n) is 3.93. The van der Waals surface area contributed by atoms with Crippen molar-refractivity contribution < 1.29 is 17.6 Å². The molecule has 17 heavy (non-hydrogen) atoms. The van der Waals surface area contributed by atoms with Crippen LogP contribution in [0.2, 0.25) is 0 Å². The van der Waals surface area contributed by atoms with Crippen LogP contribution in [0.3, 0.4) is 0 Å². The highest BCUT2D eigenvalue weighted by atomic mass is 79.9. The molecule has 0 fully saturated rings. The normalized spacial score (nSPS) is 22.5. The molecule has 0 saturated carbocycles. The van der Waals surface area contributed by atoms with Crippen molar-refractivity contribution in [1.82, 2.24) is 0 Å². The zero-order valence-corrected chi connectivity index (χ0v) is 11.2. The first kappa shape index (κ1) is 12.5. The standard InChI is InChI=1S/C10H9BrFNO3S/c1-5-4-17(15,16)9-2-6(11)7(12)3-8(9)13-10(5)14/h2-3,5H,4H2,1H3,(H,13,14). The van der Waals surface area contributed by atoms with Gasteiger partial charge in [-0.25, -0.2) is 12.8 Å². The fourth-order valence-electron chi connectivity index (χ4n) is 1.63. The number of amides is 1. The van der Waals surface area contributed by atoms with Gasteiger partial charge in [-0.2, -0.15) is 0 Å². The summed E-state index contributed by atoms with van der Waals surface area (Å²) in [5.41, 5.74) is 0.0000463. The summed E-state index contributed by atoms with van der Waals surface area (Å²) in [5.74, 6) is -1.97. The Morgan fingerprint density at radius 1 is 1.47 bits per heavy atom. The zero-order valence-electron chi connectivity index (χ0n) is 8.83. The summed E-state index contributed by atoms with van der Waals surface area (Å²) in [6.45, 7) is 1.52. The Labute approximate surface area is 106 Å². The van der Waals surface area contributed by atoms with Crippen LogP contribution in [-0.2, 0) is 14.6 Å². The molecule has 0 spiro atoms. The maximum absolute atomic E-state index is 13.3. The van der Waals surface area contributed by atoms with Crippen LogP contribution in [0, 0.1) is 11.7 Å². The molecule has 2 rings (SSSR count). The lowest BCUT2D eigenvalue weighted by Gasteiger charge is -2.07. The van der Waals surface area contributed by atoms with Gasteiger partial charge in [0.05, 0.1) is 20.8 Å². The smallest absolute Gasteiger partial charge is 0.228 e. The van der Waals surface area contributed by atoms with Crippen molar-refractivity contribution in [2.75, 3.05) is 11.1 Å².